The largest absolute Gasteiger partial charge is 0.493 e. The minimum absolute atomic E-state index is 0.0644. The number of benzene rings is 2. The Balaban J connectivity index is 2.22. The quantitative estimate of drug-likeness (QED) is 0.682. The summed E-state index contributed by atoms with van der Waals surface area (Å²) in [7, 11) is 1.43. The average molecular weight is 406 g/mol. The molecule has 0 spiro atoms. The predicted molar refractivity (Wildman–Crippen MR) is 95.2 cm³/mol. The Morgan fingerprint density at radius 3 is 2.46 bits per heavy atom. The Labute approximate surface area is 158 Å². The standard InChI is InChI=1S/C17H15Cl2F2NO4/c1-3-25-15-12(19)6-9(7-14(15)24-2)16(23)22-10-4-5-13(11(18)8-10)26-17(20)21/h4-8,17H,3H2,1-2H3,(H,22,23). The Morgan fingerprint density at radius 2 is 1.88 bits per heavy atom. The number of halogens is 4. The van der Waals surface area contributed by atoms with Crippen molar-refractivity contribution in [2.24, 2.45) is 0 Å². The number of carbonyl (C=O) groups is 1. The van der Waals surface area contributed by atoms with E-state index in [1.807, 2.05) is 0 Å². The molecule has 26 heavy (non-hydrogen) atoms. The van der Waals surface area contributed by atoms with Crippen LogP contribution in [-0.4, -0.2) is 26.2 Å². The van der Waals surface area contributed by atoms with Crippen molar-refractivity contribution in [3.8, 4) is 17.2 Å². The van der Waals surface area contributed by atoms with Gasteiger partial charge in [0, 0.05) is 11.3 Å². The molecule has 0 atom stereocenters. The number of hydrogen-bond acceptors (Lipinski definition) is 4. The molecular weight excluding hydrogens is 391 g/mol. The Hall–Kier alpha value is -2.25. The summed E-state index contributed by atoms with van der Waals surface area (Å²) in [6.45, 7) is -0.819. The lowest BCUT2D eigenvalue weighted by Crippen LogP contribution is -2.12. The number of hydrogen-bond donors (Lipinski definition) is 1. The van der Waals surface area contributed by atoms with E-state index in [9.17, 15) is 13.6 Å². The van der Waals surface area contributed by atoms with Gasteiger partial charge in [0.2, 0.25) is 0 Å². The highest BCUT2D eigenvalue weighted by atomic mass is 35.5. The molecule has 0 aliphatic rings. The molecule has 9 heteroatoms. The number of carbonyl (C=O) groups excluding carboxylic acids is 1. The Morgan fingerprint density at radius 1 is 1.15 bits per heavy atom. The highest BCUT2D eigenvalue weighted by molar-refractivity contribution is 6.33. The van der Waals surface area contributed by atoms with Crippen LogP contribution < -0.4 is 19.5 Å². The maximum Gasteiger partial charge on any atom is 0.387 e. The highest BCUT2D eigenvalue weighted by Crippen LogP contribution is 2.37. The summed E-state index contributed by atoms with van der Waals surface area (Å²) in [5.74, 6) is -0.0368. The van der Waals surface area contributed by atoms with Crippen molar-refractivity contribution in [2.45, 2.75) is 13.5 Å². The fourth-order valence-corrected chi connectivity index (χ4v) is 2.60. The van der Waals surface area contributed by atoms with E-state index in [-0.39, 0.29) is 21.4 Å². The van der Waals surface area contributed by atoms with Crippen LogP contribution in [0.15, 0.2) is 30.3 Å². The van der Waals surface area contributed by atoms with Crippen molar-refractivity contribution in [1.82, 2.24) is 0 Å². The first-order valence-corrected chi connectivity index (χ1v) is 8.17. The minimum Gasteiger partial charge on any atom is -0.493 e. The van der Waals surface area contributed by atoms with Crippen molar-refractivity contribution < 1.29 is 27.8 Å². The molecule has 0 aromatic heterocycles. The smallest absolute Gasteiger partial charge is 0.387 e. The molecule has 0 unspecified atom stereocenters. The van der Waals surface area contributed by atoms with Crippen molar-refractivity contribution in [2.75, 3.05) is 19.0 Å². The number of amides is 1. The number of anilines is 1. The van der Waals surface area contributed by atoms with Gasteiger partial charge in [-0.2, -0.15) is 8.78 Å². The van der Waals surface area contributed by atoms with E-state index in [0.717, 1.165) is 0 Å². The van der Waals surface area contributed by atoms with E-state index < -0.39 is 12.5 Å². The van der Waals surface area contributed by atoms with Gasteiger partial charge in [-0.05, 0) is 37.3 Å². The molecule has 5 nitrogen and oxygen atoms in total. The molecule has 2 aromatic carbocycles. The number of methoxy groups -OCH3 is 1. The normalized spacial score (nSPS) is 10.6. The number of ether oxygens (including phenoxy) is 3. The van der Waals surface area contributed by atoms with Crippen molar-refractivity contribution in [3.05, 3.63) is 45.9 Å². The van der Waals surface area contributed by atoms with E-state index in [0.29, 0.717) is 23.8 Å². The second kappa shape index (κ2) is 8.91. The van der Waals surface area contributed by atoms with Gasteiger partial charge in [0.1, 0.15) is 5.75 Å². The van der Waals surface area contributed by atoms with Gasteiger partial charge in [-0.15, -0.1) is 0 Å². The van der Waals surface area contributed by atoms with Gasteiger partial charge >= 0.3 is 6.61 Å². The summed E-state index contributed by atoms with van der Waals surface area (Å²) in [4.78, 5) is 12.4. The molecule has 0 bridgehead atoms. The molecule has 1 N–H and O–H groups in total. The van der Waals surface area contributed by atoms with E-state index >= 15 is 0 Å². The monoisotopic (exact) mass is 405 g/mol. The van der Waals surface area contributed by atoms with Gasteiger partial charge in [0.05, 0.1) is 23.8 Å². The van der Waals surface area contributed by atoms with Crippen LogP contribution in [0.25, 0.3) is 0 Å². The zero-order valence-electron chi connectivity index (χ0n) is 13.8. The molecule has 2 aromatic rings. The molecule has 0 aliphatic carbocycles. The SMILES string of the molecule is CCOc1c(Cl)cc(C(=O)Nc2ccc(OC(F)F)c(Cl)c2)cc1OC. The zero-order chi connectivity index (χ0) is 19.3. The van der Waals surface area contributed by atoms with Crippen LogP contribution in [0.5, 0.6) is 17.2 Å². The second-order valence-corrected chi connectivity index (χ2v) is 5.71. The van der Waals surface area contributed by atoms with E-state index in [2.05, 4.69) is 10.1 Å². The Kier molecular flexibility index (Phi) is 6.88. The first kappa shape index (κ1) is 20.1. The molecule has 2 rings (SSSR count). The van der Waals surface area contributed by atoms with Gasteiger partial charge in [-0.25, -0.2) is 0 Å². The lowest BCUT2D eigenvalue weighted by molar-refractivity contribution is -0.0497. The average Bonchev–Trinajstić information content (AvgIpc) is 2.58. The summed E-state index contributed by atoms with van der Waals surface area (Å²) in [5, 5.41) is 2.74. The number of nitrogens with one attached hydrogen (secondary N) is 1. The fraction of sp³-hybridized carbons (Fsp3) is 0.235. The molecular formula is C17H15Cl2F2NO4. The molecule has 0 heterocycles. The summed E-state index contributed by atoms with van der Waals surface area (Å²) < 4.78 is 39.3. The van der Waals surface area contributed by atoms with Crippen LogP contribution in [0.4, 0.5) is 14.5 Å². The van der Waals surface area contributed by atoms with E-state index in [4.69, 9.17) is 32.7 Å². The molecule has 0 radical (unpaired) electrons. The summed E-state index contributed by atoms with van der Waals surface area (Å²) >= 11 is 12.0. The second-order valence-electron chi connectivity index (χ2n) is 4.90. The van der Waals surface area contributed by atoms with Crippen LogP contribution in [0.2, 0.25) is 10.0 Å². The third-order valence-corrected chi connectivity index (χ3v) is 3.76. The van der Waals surface area contributed by atoms with Crippen molar-refractivity contribution in [3.63, 3.8) is 0 Å². The van der Waals surface area contributed by atoms with Crippen molar-refractivity contribution >= 4 is 34.8 Å². The maximum atomic E-state index is 12.4. The third-order valence-electron chi connectivity index (χ3n) is 3.19. The Bertz CT molecular complexity index is 803. The topological polar surface area (TPSA) is 56.8 Å². The molecule has 0 fully saturated rings. The first-order chi connectivity index (χ1) is 12.3. The van der Waals surface area contributed by atoms with Crippen LogP contribution in [0.1, 0.15) is 17.3 Å². The molecule has 1 amide bonds. The van der Waals surface area contributed by atoms with Gasteiger partial charge in [-0.3, -0.25) is 4.79 Å². The van der Waals surface area contributed by atoms with Gasteiger partial charge in [0.25, 0.3) is 5.91 Å². The summed E-state index contributed by atoms with van der Waals surface area (Å²) in [5.41, 5.74) is 0.518. The van der Waals surface area contributed by atoms with Crippen LogP contribution in [-0.2, 0) is 0 Å². The number of alkyl halides is 2. The fourth-order valence-electron chi connectivity index (χ4n) is 2.11. The van der Waals surface area contributed by atoms with Crippen LogP contribution >= 0.6 is 23.2 Å². The third kappa shape index (κ3) is 4.89. The summed E-state index contributed by atoms with van der Waals surface area (Å²) in [6.07, 6.45) is 0. The minimum atomic E-state index is -2.99. The molecule has 0 saturated heterocycles. The van der Waals surface area contributed by atoms with Gasteiger partial charge in [0.15, 0.2) is 11.5 Å². The van der Waals surface area contributed by atoms with Crippen LogP contribution in [0.3, 0.4) is 0 Å². The van der Waals surface area contributed by atoms with Crippen molar-refractivity contribution in [1.29, 1.82) is 0 Å². The van der Waals surface area contributed by atoms with E-state index in [1.165, 1.54) is 37.4 Å². The zero-order valence-corrected chi connectivity index (χ0v) is 15.3. The summed E-state index contributed by atoms with van der Waals surface area (Å²) in [6, 6.07) is 6.82. The highest BCUT2D eigenvalue weighted by Gasteiger charge is 2.16. The van der Waals surface area contributed by atoms with Gasteiger partial charge < -0.3 is 19.5 Å². The number of rotatable bonds is 7. The predicted octanol–water partition coefficient (Wildman–Crippen LogP) is 5.25. The lowest BCUT2D eigenvalue weighted by Gasteiger charge is -2.13. The van der Waals surface area contributed by atoms with Gasteiger partial charge in [-0.1, -0.05) is 23.2 Å². The first-order valence-electron chi connectivity index (χ1n) is 7.41. The maximum absolute atomic E-state index is 12.4. The van der Waals surface area contributed by atoms with E-state index in [1.54, 1.807) is 6.92 Å². The molecule has 0 saturated carbocycles. The molecule has 0 aliphatic heterocycles. The van der Waals surface area contributed by atoms with Crippen LogP contribution in [0, 0.1) is 0 Å². The molecule has 140 valence electrons. The lowest BCUT2D eigenvalue weighted by atomic mass is 10.1.